The molecule has 8 heteroatoms. The zero-order chi connectivity index (χ0) is 20.3. The van der Waals surface area contributed by atoms with Crippen molar-refractivity contribution in [2.75, 3.05) is 6.54 Å². The number of halogens is 1. The van der Waals surface area contributed by atoms with Gasteiger partial charge in [0.15, 0.2) is 11.4 Å². The van der Waals surface area contributed by atoms with Gasteiger partial charge in [0.05, 0.1) is 9.62 Å². The molecular weight excluding hydrogens is 475 g/mol. The van der Waals surface area contributed by atoms with E-state index in [9.17, 15) is 14.7 Å². The van der Waals surface area contributed by atoms with Crippen LogP contribution in [0, 0.1) is 0 Å². The third-order valence-electron chi connectivity index (χ3n) is 3.95. The van der Waals surface area contributed by atoms with E-state index >= 15 is 0 Å². The first-order chi connectivity index (χ1) is 13.4. The molecule has 0 aliphatic rings. The van der Waals surface area contributed by atoms with E-state index in [0.29, 0.717) is 28.0 Å². The van der Waals surface area contributed by atoms with Crippen LogP contribution in [0.1, 0.15) is 27.0 Å². The summed E-state index contributed by atoms with van der Waals surface area (Å²) in [4.78, 5) is 27.3. The lowest BCUT2D eigenvalue weighted by Crippen LogP contribution is -2.30. The van der Waals surface area contributed by atoms with Crippen LogP contribution in [0.15, 0.2) is 48.5 Å². The Hall–Kier alpha value is -2.88. The molecule has 144 valence electrons. The summed E-state index contributed by atoms with van der Waals surface area (Å²) in [6.45, 7) is 1.35. The highest BCUT2D eigenvalue weighted by Gasteiger charge is 2.21. The molecule has 1 amide bonds. The van der Waals surface area contributed by atoms with E-state index in [1.807, 2.05) is 37.3 Å². The molecule has 1 atom stereocenters. The molecule has 1 aromatic heterocycles. The molecule has 7 nitrogen and oxygen atoms in total. The number of aliphatic carboxylic acids is 1. The third kappa shape index (κ3) is 4.33. The molecule has 0 aliphatic carbocycles. The lowest BCUT2D eigenvalue weighted by atomic mass is 10.0. The van der Waals surface area contributed by atoms with Crippen molar-refractivity contribution in [1.29, 1.82) is 0 Å². The Balaban J connectivity index is 2.06. The van der Waals surface area contributed by atoms with Crippen molar-refractivity contribution in [3.8, 4) is 17.2 Å². The number of aromatic hydroxyl groups is 1. The van der Waals surface area contributed by atoms with Crippen LogP contribution < -0.4 is 10.1 Å². The van der Waals surface area contributed by atoms with Crippen molar-refractivity contribution in [2.24, 2.45) is 0 Å². The first-order valence-corrected chi connectivity index (χ1v) is 9.65. The number of nitrogens with one attached hydrogen (secondary N) is 1. The van der Waals surface area contributed by atoms with Crippen LogP contribution in [0.5, 0.6) is 17.2 Å². The van der Waals surface area contributed by atoms with Crippen molar-refractivity contribution in [1.82, 2.24) is 10.3 Å². The van der Waals surface area contributed by atoms with Gasteiger partial charge in [0.1, 0.15) is 18.0 Å². The predicted octanol–water partition coefficient (Wildman–Crippen LogP) is 4.04. The number of rotatable bonds is 6. The highest BCUT2D eigenvalue weighted by Crippen LogP contribution is 2.37. The molecule has 1 heterocycles. The summed E-state index contributed by atoms with van der Waals surface area (Å²) in [7, 11) is 0. The quantitative estimate of drug-likeness (QED) is 0.354. The van der Waals surface area contributed by atoms with E-state index in [2.05, 4.69) is 32.9 Å². The molecule has 0 saturated carbocycles. The third-order valence-corrected chi connectivity index (χ3v) is 4.54. The number of hydrogen-bond donors (Lipinski definition) is 3. The Morgan fingerprint density at radius 3 is 2.50 bits per heavy atom. The molecule has 3 aromatic rings. The fourth-order valence-electron chi connectivity index (χ4n) is 2.69. The number of carbonyl (C=O) groups is 2. The number of alkyl halides is 1. The Labute approximate surface area is 174 Å². The largest absolute Gasteiger partial charge is 0.505 e. The highest BCUT2D eigenvalue weighted by atomic mass is 127. The van der Waals surface area contributed by atoms with Gasteiger partial charge in [-0.15, -0.1) is 0 Å². The Bertz CT molecular complexity index is 1040. The van der Waals surface area contributed by atoms with Gasteiger partial charge in [0, 0.05) is 10.8 Å². The SMILES string of the molecule is CC(I)c1nc(C(=O)NCC(=O)O)c(O)c2ccc(Oc3ccccc3)cc12. The number of fused-ring (bicyclic) bond motifs is 1. The summed E-state index contributed by atoms with van der Waals surface area (Å²) >= 11 is 2.16. The van der Waals surface area contributed by atoms with Gasteiger partial charge < -0.3 is 20.3 Å². The van der Waals surface area contributed by atoms with Crippen LogP contribution in [0.2, 0.25) is 0 Å². The van der Waals surface area contributed by atoms with E-state index < -0.39 is 18.4 Å². The van der Waals surface area contributed by atoms with E-state index in [0.717, 1.165) is 0 Å². The second-order valence-electron chi connectivity index (χ2n) is 6.01. The molecule has 0 spiro atoms. The number of carboxylic acids is 1. The number of carboxylic acid groups (broad SMARTS) is 1. The summed E-state index contributed by atoms with van der Waals surface area (Å²) in [6, 6.07) is 14.4. The molecule has 0 bridgehead atoms. The van der Waals surface area contributed by atoms with Crippen LogP contribution in [0.4, 0.5) is 0 Å². The summed E-state index contributed by atoms with van der Waals surface area (Å²) in [5.41, 5.74) is 0.386. The highest BCUT2D eigenvalue weighted by molar-refractivity contribution is 14.1. The van der Waals surface area contributed by atoms with Crippen LogP contribution >= 0.6 is 22.6 Å². The van der Waals surface area contributed by atoms with Gasteiger partial charge in [0.25, 0.3) is 5.91 Å². The van der Waals surface area contributed by atoms with Gasteiger partial charge in [-0.05, 0) is 37.3 Å². The van der Waals surface area contributed by atoms with E-state index in [4.69, 9.17) is 9.84 Å². The second-order valence-corrected chi connectivity index (χ2v) is 7.88. The van der Waals surface area contributed by atoms with Crippen molar-refractivity contribution in [2.45, 2.75) is 10.8 Å². The number of ether oxygens (including phenoxy) is 1. The van der Waals surface area contributed by atoms with Crippen molar-refractivity contribution in [3.05, 3.63) is 59.9 Å². The van der Waals surface area contributed by atoms with Gasteiger partial charge in [-0.3, -0.25) is 9.59 Å². The minimum Gasteiger partial charge on any atom is -0.505 e. The molecule has 3 rings (SSSR count). The van der Waals surface area contributed by atoms with E-state index in [1.54, 1.807) is 18.2 Å². The fraction of sp³-hybridized carbons (Fsp3) is 0.150. The fourth-order valence-corrected chi connectivity index (χ4v) is 3.17. The first kappa shape index (κ1) is 19.9. The standard InChI is InChI=1S/C20H17IN2O5/c1-11(21)17-15-9-13(28-12-5-3-2-4-6-12)7-8-14(15)19(26)18(23-17)20(27)22-10-16(24)25/h2-9,11,26H,10H2,1H3,(H,22,27)(H,24,25). The number of amides is 1. The Morgan fingerprint density at radius 2 is 1.86 bits per heavy atom. The van der Waals surface area contributed by atoms with Gasteiger partial charge in [-0.1, -0.05) is 40.8 Å². The van der Waals surface area contributed by atoms with Crippen molar-refractivity contribution >= 4 is 45.2 Å². The van der Waals surface area contributed by atoms with Crippen molar-refractivity contribution < 1.29 is 24.5 Å². The Morgan fingerprint density at radius 1 is 1.14 bits per heavy atom. The van der Waals surface area contributed by atoms with Crippen LogP contribution in [0.3, 0.4) is 0 Å². The summed E-state index contributed by atoms with van der Waals surface area (Å²) in [5.74, 6) is -0.984. The summed E-state index contributed by atoms with van der Waals surface area (Å²) in [5, 5.41) is 22.6. The monoisotopic (exact) mass is 492 g/mol. The number of nitrogens with zero attached hydrogens (tertiary/aromatic N) is 1. The number of aromatic nitrogens is 1. The number of carbonyl (C=O) groups excluding carboxylic acids is 1. The zero-order valence-electron chi connectivity index (χ0n) is 14.8. The lowest BCUT2D eigenvalue weighted by Gasteiger charge is -2.15. The molecule has 28 heavy (non-hydrogen) atoms. The first-order valence-electron chi connectivity index (χ1n) is 8.40. The molecule has 0 saturated heterocycles. The summed E-state index contributed by atoms with van der Waals surface area (Å²) in [6.07, 6.45) is 0. The normalized spacial score (nSPS) is 11.8. The minimum atomic E-state index is -1.18. The van der Waals surface area contributed by atoms with E-state index in [-0.39, 0.29) is 15.4 Å². The maximum atomic E-state index is 12.3. The molecule has 1 unspecified atom stereocenters. The van der Waals surface area contributed by atoms with Crippen LogP contribution in [0.25, 0.3) is 10.8 Å². The number of para-hydroxylation sites is 1. The molecule has 0 radical (unpaired) electrons. The van der Waals surface area contributed by atoms with Crippen LogP contribution in [-0.4, -0.2) is 33.6 Å². The molecular formula is C20H17IN2O5. The maximum Gasteiger partial charge on any atom is 0.322 e. The maximum absolute atomic E-state index is 12.3. The predicted molar refractivity (Wildman–Crippen MR) is 112 cm³/mol. The molecule has 0 fully saturated rings. The van der Waals surface area contributed by atoms with Gasteiger partial charge in [-0.2, -0.15) is 0 Å². The van der Waals surface area contributed by atoms with Gasteiger partial charge >= 0.3 is 5.97 Å². The average molecular weight is 492 g/mol. The molecule has 2 aromatic carbocycles. The second kappa shape index (κ2) is 8.42. The molecule has 0 aliphatic heterocycles. The van der Waals surface area contributed by atoms with Gasteiger partial charge in [-0.25, -0.2) is 4.98 Å². The molecule has 3 N–H and O–H groups in total. The minimum absolute atomic E-state index is 0.0706. The van der Waals surface area contributed by atoms with E-state index in [1.165, 1.54) is 0 Å². The lowest BCUT2D eigenvalue weighted by molar-refractivity contribution is -0.135. The summed E-state index contributed by atoms with van der Waals surface area (Å²) < 4.78 is 5.78. The van der Waals surface area contributed by atoms with Crippen LogP contribution in [-0.2, 0) is 4.79 Å². The zero-order valence-corrected chi connectivity index (χ0v) is 17.0. The smallest absolute Gasteiger partial charge is 0.322 e. The number of benzene rings is 2. The van der Waals surface area contributed by atoms with Crippen molar-refractivity contribution in [3.63, 3.8) is 0 Å². The van der Waals surface area contributed by atoms with Gasteiger partial charge in [0.2, 0.25) is 0 Å². The Kier molecular flexibility index (Phi) is 5.98. The topological polar surface area (TPSA) is 109 Å². The number of pyridine rings is 1. The number of hydrogen-bond acceptors (Lipinski definition) is 5. The average Bonchev–Trinajstić information content (AvgIpc) is 2.67.